The summed E-state index contributed by atoms with van der Waals surface area (Å²) in [6, 6.07) is 62.1. The summed E-state index contributed by atoms with van der Waals surface area (Å²) in [5.74, 6) is 0.737. The number of nitrogens with zero attached hydrogens (tertiary/aromatic N) is 2. The fourth-order valence-electron chi connectivity index (χ4n) is 9.67. The van der Waals surface area contributed by atoms with E-state index in [4.69, 9.17) is 9.97 Å². The van der Waals surface area contributed by atoms with E-state index in [-0.39, 0.29) is 5.41 Å². The van der Waals surface area contributed by atoms with Crippen molar-refractivity contribution in [3.05, 3.63) is 203 Å². The molecule has 7 aromatic carbocycles. The van der Waals surface area contributed by atoms with E-state index >= 15 is 0 Å². The largest absolute Gasteiger partial charge is 0.228 e. The highest BCUT2D eigenvalue weighted by atomic mass is 14.9. The Hall–Kier alpha value is -6.38. The Kier molecular flexibility index (Phi) is 5.97. The molecule has 0 amide bonds. The summed E-state index contributed by atoms with van der Waals surface area (Å²) >= 11 is 0. The maximum Gasteiger partial charge on any atom is 0.160 e. The molecule has 0 N–H and O–H groups in total. The van der Waals surface area contributed by atoms with E-state index in [1.165, 1.54) is 66.8 Å². The zero-order valence-electron chi connectivity index (χ0n) is 29.1. The second-order valence-electron chi connectivity index (χ2n) is 14.9. The van der Waals surface area contributed by atoms with Gasteiger partial charge in [0.15, 0.2) is 5.82 Å². The number of hydrogen-bond acceptors (Lipinski definition) is 2. The van der Waals surface area contributed by atoms with Crippen LogP contribution in [0.2, 0.25) is 0 Å². The molecule has 0 unspecified atom stereocenters. The Morgan fingerprint density at radius 3 is 1.54 bits per heavy atom. The molecule has 3 aliphatic rings. The first-order valence-corrected chi connectivity index (χ1v) is 18.2. The molecular weight excluding hydrogens is 629 g/mol. The van der Waals surface area contributed by atoms with Gasteiger partial charge in [0.2, 0.25) is 0 Å². The summed E-state index contributed by atoms with van der Waals surface area (Å²) in [7, 11) is 0. The highest BCUT2D eigenvalue weighted by molar-refractivity contribution is 5.99. The maximum atomic E-state index is 5.46. The van der Waals surface area contributed by atoms with Crippen molar-refractivity contribution in [1.82, 2.24) is 9.97 Å². The van der Waals surface area contributed by atoms with Crippen molar-refractivity contribution >= 4 is 0 Å². The van der Waals surface area contributed by atoms with Gasteiger partial charge in [0.05, 0.1) is 16.8 Å². The van der Waals surface area contributed by atoms with Crippen molar-refractivity contribution in [3.8, 4) is 67.3 Å². The predicted octanol–water partition coefficient (Wildman–Crippen LogP) is 12.1. The first-order valence-electron chi connectivity index (χ1n) is 18.2. The van der Waals surface area contributed by atoms with E-state index < -0.39 is 5.41 Å². The minimum Gasteiger partial charge on any atom is -0.228 e. The molecular formula is C50H34N2. The minimum absolute atomic E-state index is 0.117. The van der Waals surface area contributed by atoms with Crippen LogP contribution in [0.5, 0.6) is 0 Å². The molecule has 52 heavy (non-hydrogen) atoms. The first-order chi connectivity index (χ1) is 25.5. The van der Waals surface area contributed by atoms with Crippen LogP contribution in [-0.2, 0) is 10.8 Å². The molecule has 0 bridgehead atoms. The molecule has 1 spiro atoms. The summed E-state index contributed by atoms with van der Waals surface area (Å²) in [4.78, 5) is 10.7. The number of hydrogen-bond donors (Lipinski definition) is 0. The summed E-state index contributed by atoms with van der Waals surface area (Å²) < 4.78 is 0. The standard InChI is InChI=1S/C50H34N2/c1-49(2)39-22-10-6-17-33(39)36-28-27-32(29-44(36)49)48-51-45(31-15-4-3-5-16-31)30-46(52-48)38-21-14-26-43-47(38)37-20-9-13-25-42(37)50(43)40-23-11-7-18-34(40)35-19-8-12-24-41(35)50/h3-30H,1-2H3. The van der Waals surface area contributed by atoms with E-state index in [1.54, 1.807) is 0 Å². The van der Waals surface area contributed by atoms with Crippen LogP contribution in [0.4, 0.5) is 0 Å². The zero-order valence-corrected chi connectivity index (χ0v) is 29.1. The summed E-state index contributed by atoms with van der Waals surface area (Å²) in [5, 5.41) is 0. The second-order valence-corrected chi connectivity index (χ2v) is 14.9. The van der Waals surface area contributed by atoms with E-state index in [0.717, 1.165) is 33.9 Å². The molecule has 2 heteroatoms. The molecule has 3 aliphatic carbocycles. The van der Waals surface area contributed by atoms with Crippen LogP contribution < -0.4 is 0 Å². The smallest absolute Gasteiger partial charge is 0.160 e. The Labute approximate surface area is 304 Å². The van der Waals surface area contributed by atoms with Crippen LogP contribution in [0.1, 0.15) is 47.2 Å². The fraction of sp³-hybridized carbons (Fsp3) is 0.0800. The fourth-order valence-corrected chi connectivity index (χ4v) is 9.67. The topological polar surface area (TPSA) is 25.8 Å². The number of rotatable bonds is 3. The minimum atomic E-state index is -0.409. The number of benzene rings is 7. The average molecular weight is 663 g/mol. The lowest BCUT2D eigenvalue weighted by Gasteiger charge is -2.30. The van der Waals surface area contributed by atoms with E-state index in [9.17, 15) is 0 Å². The Morgan fingerprint density at radius 2 is 0.846 bits per heavy atom. The van der Waals surface area contributed by atoms with Crippen LogP contribution in [0.15, 0.2) is 170 Å². The van der Waals surface area contributed by atoms with Gasteiger partial charge in [-0.05, 0) is 78.9 Å². The molecule has 0 fully saturated rings. The van der Waals surface area contributed by atoms with Gasteiger partial charge in [-0.25, -0.2) is 9.97 Å². The van der Waals surface area contributed by atoms with Crippen molar-refractivity contribution in [2.45, 2.75) is 24.7 Å². The van der Waals surface area contributed by atoms with Crippen molar-refractivity contribution < 1.29 is 0 Å². The molecule has 0 radical (unpaired) electrons. The van der Waals surface area contributed by atoms with Gasteiger partial charge in [-0.1, -0.05) is 172 Å². The highest BCUT2D eigenvalue weighted by Crippen LogP contribution is 2.64. The lowest BCUT2D eigenvalue weighted by molar-refractivity contribution is 0.660. The van der Waals surface area contributed by atoms with Crippen LogP contribution in [0, 0.1) is 0 Å². The normalized spacial score (nSPS) is 14.7. The van der Waals surface area contributed by atoms with Crippen LogP contribution in [-0.4, -0.2) is 9.97 Å². The Balaban J connectivity index is 1.17. The molecule has 0 atom stereocenters. The van der Waals surface area contributed by atoms with Crippen molar-refractivity contribution in [2.75, 3.05) is 0 Å². The Morgan fingerprint density at radius 1 is 0.346 bits per heavy atom. The molecule has 11 rings (SSSR count). The number of aromatic nitrogens is 2. The van der Waals surface area contributed by atoms with Crippen LogP contribution >= 0.6 is 0 Å². The zero-order chi connectivity index (χ0) is 34.6. The van der Waals surface area contributed by atoms with Gasteiger partial charge in [-0.3, -0.25) is 0 Å². The van der Waals surface area contributed by atoms with Crippen molar-refractivity contribution in [1.29, 1.82) is 0 Å². The lowest BCUT2D eigenvalue weighted by Crippen LogP contribution is -2.25. The SMILES string of the molecule is CC1(C)c2ccccc2-c2ccc(-c3nc(-c4ccccc4)cc(-c4cccc5c4-c4ccccc4C54c5ccccc5-c5ccccc54)n3)cc21. The third kappa shape index (κ3) is 3.79. The van der Waals surface area contributed by atoms with Crippen LogP contribution in [0.25, 0.3) is 67.3 Å². The molecule has 0 saturated carbocycles. The molecule has 244 valence electrons. The maximum absolute atomic E-state index is 5.46. The lowest BCUT2D eigenvalue weighted by atomic mass is 9.70. The molecule has 1 aromatic heterocycles. The second kappa shape index (κ2) is 10.6. The molecule has 1 heterocycles. The van der Waals surface area contributed by atoms with E-state index in [2.05, 4.69) is 184 Å². The summed E-state index contributed by atoms with van der Waals surface area (Å²) in [5.41, 5.74) is 20.3. The van der Waals surface area contributed by atoms with Gasteiger partial charge in [0, 0.05) is 22.1 Å². The van der Waals surface area contributed by atoms with Gasteiger partial charge in [-0.2, -0.15) is 0 Å². The quantitative estimate of drug-likeness (QED) is 0.188. The van der Waals surface area contributed by atoms with E-state index in [0.29, 0.717) is 0 Å². The monoisotopic (exact) mass is 662 g/mol. The third-order valence-electron chi connectivity index (χ3n) is 11.9. The predicted molar refractivity (Wildman–Crippen MR) is 212 cm³/mol. The third-order valence-corrected chi connectivity index (χ3v) is 11.9. The highest BCUT2D eigenvalue weighted by Gasteiger charge is 2.52. The van der Waals surface area contributed by atoms with Crippen molar-refractivity contribution in [2.24, 2.45) is 0 Å². The molecule has 8 aromatic rings. The average Bonchev–Trinajstić information content (AvgIpc) is 3.77. The molecule has 0 aliphatic heterocycles. The summed E-state index contributed by atoms with van der Waals surface area (Å²) in [6.07, 6.45) is 0. The first kappa shape index (κ1) is 29.4. The number of fused-ring (bicyclic) bond motifs is 13. The Bertz CT molecular complexity index is 2730. The van der Waals surface area contributed by atoms with E-state index in [1.807, 2.05) is 0 Å². The van der Waals surface area contributed by atoms with Crippen LogP contribution in [0.3, 0.4) is 0 Å². The van der Waals surface area contributed by atoms with Crippen molar-refractivity contribution in [3.63, 3.8) is 0 Å². The molecule has 0 saturated heterocycles. The van der Waals surface area contributed by atoms with Gasteiger partial charge < -0.3 is 0 Å². The molecule has 2 nitrogen and oxygen atoms in total. The van der Waals surface area contributed by atoms with Gasteiger partial charge in [0.1, 0.15) is 0 Å². The van der Waals surface area contributed by atoms with Gasteiger partial charge >= 0.3 is 0 Å². The summed E-state index contributed by atoms with van der Waals surface area (Å²) in [6.45, 7) is 4.65. The van der Waals surface area contributed by atoms with Gasteiger partial charge in [-0.15, -0.1) is 0 Å². The van der Waals surface area contributed by atoms with Gasteiger partial charge in [0.25, 0.3) is 0 Å².